The van der Waals surface area contributed by atoms with Crippen LogP contribution in [0.25, 0.3) is 99.1 Å². The summed E-state index contributed by atoms with van der Waals surface area (Å²) < 4.78 is 6.87. The summed E-state index contributed by atoms with van der Waals surface area (Å²) in [6, 6.07) is 89.4. The van der Waals surface area contributed by atoms with Gasteiger partial charge in [-0.15, -0.1) is 0 Å². The van der Waals surface area contributed by atoms with Gasteiger partial charge in [0.25, 0.3) is 0 Å². The van der Waals surface area contributed by atoms with Crippen molar-refractivity contribution in [3.63, 3.8) is 0 Å². The summed E-state index contributed by atoms with van der Waals surface area (Å²) in [4.78, 5) is 2.37. The summed E-state index contributed by atoms with van der Waals surface area (Å²) in [5, 5.41) is 7.05. The van der Waals surface area contributed by atoms with Crippen LogP contribution in [0.1, 0.15) is 0 Å². The summed E-state index contributed by atoms with van der Waals surface area (Å²) >= 11 is 0. The first kappa shape index (κ1) is 37.3. The predicted molar refractivity (Wildman–Crippen MR) is 271 cm³/mol. The van der Waals surface area contributed by atoms with Crippen molar-refractivity contribution in [2.24, 2.45) is 0 Å². The molecule has 64 heavy (non-hydrogen) atoms. The third kappa shape index (κ3) is 6.61. The van der Waals surface area contributed by atoms with Crippen LogP contribution in [0.2, 0.25) is 0 Å². The number of fused-ring (bicyclic) bond motifs is 7. The van der Waals surface area contributed by atoms with Crippen molar-refractivity contribution in [3.05, 3.63) is 249 Å². The van der Waals surface area contributed by atoms with E-state index in [1.54, 1.807) is 0 Å². The molecule has 0 spiro atoms. The molecule has 0 fully saturated rings. The van der Waals surface area contributed by atoms with Crippen molar-refractivity contribution in [1.29, 1.82) is 0 Å². The van der Waals surface area contributed by atoms with E-state index in [1.807, 2.05) is 0 Å². The van der Waals surface area contributed by atoms with Crippen LogP contribution in [0.15, 0.2) is 253 Å². The van der Waals surface area contributed by atoms with E-state index in [0.29, 0.717) is 0 Å². The molecule has 0 bridgehead atoms. The van der Waals surface area contributed by atoms with E-state index in [9.17, 15) is 0 Å². The van der Waals surface area contributed by atoms with Crippen LogP contribution in [0.5, 0.6) is 0 Å². The fourth-order valence-electron chi connectivity index (χ4n) is 9.49. The van der Waals surface area contributed by atoms with E-state index in [1.165, 1.54) is 54.9 Å². The maximum Gasteiger partial charge on any atom is 0.143 e. The third-order valence-electron chi connectivity index (χ3n) is 12.7. The van der Waals surface area contributed by atoms with Crippen LogP contribution >= 0.6 is 0 Å². The topological polar surface area (TPSA) is 16.4 Å². The van der Waals surface area contributed by atoms with Gasteiger partial charge in [0.05, 0.1) is 5.69 Å². The van der Waals surface area contributed by atoms with E-state index < -0.39 is 0 Å². The van der Waals surface area contributed by atoms with Gasteiger partial charge in [0, 0.05) is 38.7 Å². The molecule has 0 aliphatic carbocycles. The quantitative estimate of drug-likeness (QED) is 0.142. The molecule has 2 nitrogen and oxygen atoms in total. The Labute approximate surface area is 372 Å². The monoisotopic (exact) mass is 815 g/mol. The Bertz CT molecular complexity index is 3630. The van der Waals surface area contributed by atoms with Crippen molar-refractivity contribution < 1.29 is 4.42 Å². The SMILES string of the molecule is c1ccc(-c2cccc(-c3ccc(N(c4ccc(-c5ccc(-c6cccc7c6oc6c7ccc7ccc8ccccc8c76)cc5)cc4)c4ccccc4-c4ccccc4)cc3)c2)cc1. The predicted octanol–water partition coefficient (Wildman–Crippen LogP) is 17.7. The average molecular weight is 816 g/mol. The lowest BCUT2D eigenvalue weighted by molar-refractivity contribution is 0.674. The second-order valence-electron chi connectivity index (χ2n) is 16.4. The van der Waals surface area contributed by atoms with Crippen molar-refractivity contribution in [2.75, 3.05) is 4.90 Å². The molecule has 0 radical (unpaired) electrons. The molecular weight excluding hydrogens is 775 g/mol. The van der Waals surface area contributed by atoms with E-state index in [0.717, 1.165) is 61.3 Å². The fraction of sp³-hybridized carbons (Fsp3) is 0. The first-order chi connectivity index (χ1) is 31.7. The van der Waals surface area contributed by atoms with Gasteiger partial charge >= 0.3 is 0 Å². The molecule has 0 unspecified atom stereocenters. The van der Waals surface area contributed by atoms with Crippen molar-refractivity contribution >= 4 is 60.5 Å². The lowest BCUT2D eigenvalue weighted by Crippen LogP contribution is -2.11. The number of nitrogens with zero attached hydrogens (tertiary/aromatic N) is 1. The van der Waals surface area contributed by atoms with Gasteiger partial charge in [0.15, 0.2) is 0 Å². The second-order valence-corrected chi connectivity index (χ2v) is 16.4. The molecule has 0 aliphatic heterocycles. The van der Waals surface area contributed by atoms with E-state index in [4.69, 9.17) is 4.42 Å². The number of hydrogen-bond donors (Lipinski definition) is 0. The minimum atomic E-state index is 0.916. The van der Waals surface area contributed by atoms with Crippen LogP contribution in [0, 0.1) is 0 Å². The number of anilines is 3. The highest BCUT2D eigenvalue weighted by Gasteiger charge is 2.19. The Morgan fingerprint density at radius 3 is 1.44 bits per heavy atom. The zero-order valence-corrected chi connectivity index (χ0v) is 35.0. The van der Waals surface area contributed by atoms with Gasteiger partial charge in [-0.2, -0.15) is 0 Å². The summed E-state index contributed by atoms with van der Waals surface area (Å²) in [7, 11) is 0. The Hall–Kier alpha value is -8.46. The minimum absolute atomic E-state index is 0.916. The number of rotatable bonds is 8. The lowest BCUT2D eigenvalue weighted by atomic mass is 9.97. The van der Waals surface area contributed by atoms with E-state index >= 15 is 0 Å². The van der Waals surface area contributed by atoms with E-state index in [2.05, 4.69) is 254 Å². The Kier molecular flexibility index (Phi) is 9.20. The molecule has 12 rings (SSSR count). The minimum Gasteiger partial charge on any atom is -0.455 e. The molecule has 1 aromatic heterocycles. The van der Waals surface area contributed by atoms with Gasteiger partial charge in [-0.25, -0.2) is 0 Å². The zero-order chi connectivity index (χ0) is 42.4. The largest absolute Gasteiger partial charge is 0.455 e. The molecule has 11 aromatic carbocycles. The molecule has 2 heteroatoms. The first-order valence-electron chi connectivity index (χ1n) is 21.9. The van der Waals surface area contributed by atoms with Crippen LogP contribution in [0.3, 0.4) is 0 Å². The highest BCUT2D eigenvalue weighted by atomic mass is 16.3. The highest BCUT2D eigenvalue weighted by Crippen LogP contribution is 2.44. The van der Waals surface area contributed by atoms with Gasteiger partial charge < -0.3 is 9.32 Å². The molecule has 0 N–H and O–H groups in total. The van der Waals surface area contributed by atoms with Crippen molar-refractivity contribution in [1.82, 2.24) is 0 Å². The maximum atomic E-state index is 6.87. The molecule has 12 aromatic rings. The fourth-order valence-corrected chi connectivity index (χ4v) is 9.49. The number of para-hydroxylation sites is 2. The second kappa shape index (κ2) is 15.8. The van der Waals surface area contributed by atoms with E-state index in [-0.39, 0.29) is 0 Å². The maximum absolute atomic E-state index is 6.87. The number of benzene rings is 11. The normalized spacial score (nSPS) is 11.4. The molecule has 300 valence electrons. The van der Waals surface area contributed by atoms with Gasteiger partial charge in [0.1, 0.15) is 11.2 Å². The molecular formula is C62H41NO. The van der Waals surface area contributed by atoms with Gasteiger partial charge in [-0.05, 0) is 103 Å². The molecule has 0 amide bonds. The summed E-state index contributed by atoms with van der Waals surface area (Å²) in [6.07, 6.45) is 0. The third-order valence-corrected chi connectivity index (χ3v) is 12.7. The summed E-state index contributed by atoms with van der Waals surface area (Å²) in [5.74, 6) is 0. The Balaban J connectivity index is 0.891. The number of furan rings is 1. The smallest absolute Gasteiger partial charge is 0.143 e. The lowest BCUT2D eigenvalue weighted by Gasteiger charge is -2.28. The van der Waals surface area contributed by atoms with Crippen LogP contribution in [-0.2, 0) is 0 Å². The van der Waals surface area contributed by atoms with Crippen LogP contribution < -0.4 is 4.90 Å². The van der Waals surface area contributed by atoms with Crippen molar-refractivity contribution in [3.8, 4) is 55.6 Å². The zero-order valence-electron chi connectivity index (χ0n) is 35.0. The molecule has 0 saturated carbocycles. The summed E-state index contributed by atoms with van der Waals surface area (Å²) in [5.41, 5.74) is 16.8. The number of hydrogen-bond acceptors (Lipinski definition) is 2. The van der Waals surface area contributed by atoms with Gasteiger partial charge in [0.2, 0.25) is 0 Å². The standard InChI is InChI=1S/C62H41NO/c1-3-13-42(14-4-1)50-18-11-19-51(41-50)45-33-38-53(39-34-45)63(59-24-10-9-20-54(59)46-15-5-2-6-16-46)52-36-31-44(32-37-52)43-25-27-48(28-26-43)56-22-12-23-57-58-40-35-49-30-29-47-17-7-8-21-55(47)60(49)62(58)64-61(56)57/h1-41H. The molecule has 0 saturated heterocycles. The first-order valence-corrected chi connectivity index (χ1v) is 21.9. The van der Waals surface area contributed by atoms with Crippen LogP contribution in [0.4, 0.5) is 17.1 Å². The Morgan fingerprint density at radius 2 is 0.719 bits per heavy atom. The summed E-state index contributed by atoms with van der Waals surface area (Å²) in [6.45, 7) is 0. The van der Waals surface area contributed by atoms with Gasteiger partial charge in [-0.1, -0.05) is 206 Å². The average Bonchev–Trinajstić information content (AvgIpc) is 3.77. The molecule has 0 aliphatic rings. The highest BCUT2D eigenvalue weighted by molar-refractivity contribution is 6.24. The Morgan fingerprint density at radius 1 is 0.266 bits per heavy atom. The van der Waals surface area contributed by atoms with Gasteiger partial charge in [-0.3, -0.25) is 0 Å². The molecule has 0 atom stereocenters. The van der Waals surface area contributed by atoms with Crippen LogP contribution in [-0.4, -0.2) is 0 Å². The molecule has 1 heterocycles. The van der Waals surface area contributed by atoms with Crippen molar-refractivity contribution in [2.45, 2.75) is 0 Å².